The number of fused-ring (bicyclic) bond motifs is 2. The van der Waals surface area contributed by atoms with Gasteiger partial charge in [0.1, 0.15) is 0 Å². The van der Waals surface area contributed by atoms with E-state index >= 15 is 0 Å². The number of epoxide rings is 1. The van der Waals surface area contributed by atoms with E-state index in [9.17, 15) is 0 Å². The number of rotatable bonds is 7. The van der Waals surface area contributed by atoms with E-state index in [1.165, 1.54) is 32.1 Å². The largest absolute Gasteiger partial charge is 0.370 e. The highest BCUT2D eigenvalue weighted by atomic mass is 32.2. The Hall–Kier alpha value is -0.550. The highest BCUT2D eigenvalue weighted by Gasteiger charge is 2.45. The summed E-state index contributed by atoms with van der Waals surface area (Å²) in [4.78, 5) is 0. The van der Waals surface area contributed by atoms with Crippen LogP contribution in [0, 0.1) is 11.8 Å². The van der Waals surface area contributed by atoms with Gasteiger partial charge in [0.25, 0.3) is 0 Å². The van der Waals surface area contributed by atoms with Crippen molar-refractivity contribution in [2.75, 3.05) is 13.2 Å². The van der Waals surface area contributed by atoms with Gasteiger partial charge in [0.2, 0.25) is 0 Å². The lowest BCUT2D eigenvalue weighted by atomic mass is 9.89. The summed E-state index contributed by atoms with van der Waals surface area (Å²) >= 11 is 2.17. The molecule has 5 rings (SSSR count). The molecule has 0 amide bonds. The normalized spacial score (nSPS) is 40.2. The fourth-order valence-corrected chi connectivity index (χ4v) is 6.04. The van der Waals surface area contributed by atoms with Gasteiger partial charge in [-0.05, 0) is 57.3 Å². The van der Waals surface area contributed by atoms with Gasteiger partial charge in [0.15, 0.2) is 5.79 Å². The average Bonchev–Trinajstić information content (AvgIpc) is 3.59. The van der Waals surface area contributed by atoms with Gasteiger partial charge in [-0.1, -0.05) is 30.3 Å². The average molecular weight is 375 g/mol. The Labute approximate surface area is 161 Å². The molecule has 4 heteroatoms. The molecule has 7 unspecified atom stereocenters. The smallest absolute Gasteiger partial charge is 0.191 e. The summed E-state index contributed by atoms with van der Waals surface area (Å²) in [5, 5.41) is 1.87. The molecule has 26 heavy (non-hydrogen) atoms. The predicted octanol–water partition coefficient (Wildman–Crippen LogP) is 4.74. The van der Waals surface area contributed by atoms with Gasteiger partial charge in [-0.25, -0.2) is 0 Å². The van der Waals surface area contributed by atoms with Crippen molar-refractivity contribution in [3.8, 4) is 0 Å². The van der Waals surface area contributed by atoms with Crippen LogP contribution in [0.5, 0.6) is 0 Å². The number of thioether (sulfide) groups is 1. The zero-order chi connectivity index (χ0) is 17.6. The summed E-state index contributed by atoms with van der Waals surface area (Å²) in [6.07, 6.45) is 8.63. The van der Waals surface area contributed by atoms with Crippen molar-refractivity contribution in [1.29, 1.82) is 0 Å². The zero-order valence-corrected chi connectivity index (χ0v) is 16.5. The number of benzene rings is 1. The van der Waals surface area contributed by atoms with Gasteiger partial charge >= 0.3 is 0 Å². The second kappa shape index (κ2) is 7.12. The van der Waals surface area contributed by atoms with Crippen LogP contribution < -0.4 is 0 Å². The van der Waals surface area contributed by atoms with Crippen LogP contribution in [0.4, 0.5) is 0 Å². The van der Waals surface area contributed by atoms with E-state index in [2.05, 4.69) is 49.0 Å². The minimum Gasteiger partial charge on any atom is -0.370 e. The second-order valence-corrected chi connectivity index (χ2v) is 10.2. The third-order valence-electron chi connectivity index (χ3n) is 6.71. The molecule has 1 aromatic rings. The van der Waals surface area contributed by atoms with Gasteiger partial charge in [-0.2, -0.15) is 11.8 Å². The molecule has 2 saturated carbocycles. The Morgan fingerprint density at radius 3 is 2.38 bits per heavy atom. The molecule has 3 nitrogen and oxygen atoms in total. The molecule has 4 aliphatic rings. The minimum absolute atomic E-state index is 0.507. The molecular weight excluding hydrogens is 344 g/mol. The van der Waals surface area contributed by atoms with Crippen LogP contribution in [-0.4, -0.2) is 35.9 Å². The van der Waals surface area contributed by atoms with Crippen molar-refractivity contribution in [2.24, 2.45) is 11.8 Å². The van der Waals surface area contributed by atoms with Crippen LogP contribution in [0.15, 0.2) is 30.3 Å². The van der Waals surface area contributed by atoms with Crippen molar-refractivity contribution in [3.05, 3.63) is 35.9 Å². The molecule has 0 radical (unpaired) electrons. The molecule has 0 N–H and O–H groups in total. The van der Waals surface area contributed by atoms with E-state index in [0.717, 1.165) is 35.7 Å². The zero-order valence-electron chi connectivity index (χ0n) is 15.6. The molecule has 0 aromatic heterocycles. The molecule has 2 aliphatic heterocycles. The standard InChI is InChI=1S/C22H30O3S/c1-22(17-5-3-2-4-6-17,23-13-15-7-9-18-19(11-15)25-18)24-14-16-8-10-20-21(12-16)26-20/h2-6,15-16,18-21H,7-14H2,1H3. The van der Waals surface area contributed by atoms with Crippen molar-refractivity contribution >= 4 is 11.8 Å². The molecule has 142 valence electrons. The fraction of sp³-hybridized carbons (Fsp3) is 0.727. The van der Waals surface area contributed by atoms with E-state index in [1.807, 2.05) is 0 Å². The Balaban J connectivity index is 1.21. The van der Waals surface area contributed by atoms with E-state index < -0.39 is 5.79 Å². The van der Waals surface area contributed by atoms with E-state index in [4.69, 9.17) is 14.2 Å². The van der Waals surface area contributed by atoms with Crippen LogP contribution >= 0.6 is 11.8 Å². The number of hydrogen-bond acceptors (Lipinski definition) is 4. The quantitative estimate of drug-likeness (QED) is 0.509. The van der Waals surface area contributed by atoms with Crippen molar-refractivity contribution < 1.29 is 14.2 Å². The Morgan fingerprint density at radius 2 is 1.65 bits per heavy atom. The molecule has 0 bridgehead atoms. The lowest BCUT2D eigenvalue weighted by Crippen LogP contribution is -2.35. The SMILES string of the molecule is CC(OCC1CCC2OC2C1)(OCC1CCC2SC2C1)c1ccccc1. The van der Waals surface area contributed by atoms with Crippen molar-refractivity contribution in [2.45, 2.75) is 73.9 Å². The fourth-order valence-electron chi connectivity index (χ4n) is 4.78. The maximum atomic E-state index is 6.49. The molecule has 7 atom stereocenters. The lowest BCUT2D eigenvalue weighted by Gasteiger charge is -2.34. The van der Waals surface area contributed by atoms with Gasteiger partial charge in [-0.3, -0.25) is 0 Å². The monoisotopic (exact) mass is 374 g/mol. The number of ether oxygens (including phenoxy) is 3. The first-order valence-electron chi connectivity index (χ1n) is 10.3. The Morgan fingerprint density at radius 1 is 0.923 bits per heavy atom. The molecule has 4 fully saturated rings. The van der Waals surface area contributed by atoms with Gasteiger partial charge < -0.3 is 14.2 Å². The molecule has 2 saturated heterocycles. The summed E-state index contributed by atoms with van der Waals surface area (Å²) in [6.45, 7) is 3.69. The highest BCUT2D eigenvalue weighted by molar-refractivity contribution is 8.07. The second-order valence-electron chi connectivity index (χ2n) is 8.72. The Bertz CT molecular complexity index is 589. The van der Waals surface area contributed by atoms with Gasteiger partial charge in [-0.15, -0.1) is 0 Å². The minimum atomic E-state index is -0.643. The maximum absolute atomic E-state index is 6.49. The molecule has 0 spiro atoms. The maximum Gasteiger partial charge on any atom is 0.191 e. The van der Waals surface area contributed by atoms with Crippen molar-refractivity contribution in [1.82, 2.24) is 0 Å². The van der Waals surface area contributed by atoms with E-state index in [0.29, 0.717) is 24.0 Å². The first-order valence-corrected chi connectivity index (χ1v) is 11.3. The summed E-state index contributed by atoms with van der Waals surface area (Å²) < 4.78 is 18.6. The highest BCUT2D eigenvalue weighted by Crippen LogP contribution is 2.52. The topological polar surface area (TPSA) is 31.0 Å². The molecular formula is C22H30O3S. The van der Waals surface area contributed by atoms with Crippen LogP contribution in [-0.2, 0) is 20.0 Å². The van der Waals surface area contributed by atoms with Gasteiger partial charge in [0, 0.05) is 16.1 Å². The third-order valence-corrected chi connectivity index (χ3v) is 8.18. The summed E-state index contributed by atoms with van der Waals surface area (Å²) in [5.41, 5.74) is 1.13. The molecule has 2 aliphatic carbocycles. The molecule has 1 aromatic carbocycles. The van der Waals surface area contributed by atoms with Crippen LogP contribution in [0.25, 0.3) is 0 Å². The van der Waals surface area contributed by atoms with Crippen molar-refractivity contribution in [3.63, 3.8) is 0 Å². The van der Waals surface area contributed by atoms with E-state index in [-0.39, 0.29) is 0 Å². The lowest BCUT2D eigenvalue weighted by molar-refractivity contribution is -0.247. The van der Waals surface area contributed by atoms with Crippen LogP contribution in [0.1, 0.15) is 51.0 Å². The molecule has 2 heterocycles. The summed E-state index contributed by atoms with van der Waals surface area (Å²) in [5.74, 6) is 0.646. The Kier molecular flexibility index (Phi) is 4.80. The van der Waals surface area contributed by atoms with Crippen LogP contribution in [0.3, 0.4) is 0 Å². The first-order chi connectivity index (χ1) is 12.7. The predicted molar refractivity (Wildman–Crippen MR) is 104 cm³/mol. The van der Waals surface area contributed by atoms with Crippen LogP contribution in [0.2, 0.25) is 0 Å². The summed E-state index contributed by atoms with van der Waals surface area (Å²) in [6, 6.07) is 10.5. The summed E-state index contributed by atoms with van der Waals surface area (Å²) in [7, 11) is 0. The van der Waals surface area contributed by atoms with Gasteiger partial charge in [0.05, 0.1) is 25.4 Å². The number of hydrogen-bond donors (Lipinski definition) is 0. The van der Waals surface area contributed by atoms with E-state index in [1.54, 1.807) is 0 Å². The first kappa shape index (κ1) is 17.5. The third kappa shape index (κ3) is 3.84.